The SMILES string of the molecule is Cc1c(C(=O)Nc2cccc(C(=O)OC(C)C)c2)sc2nc(CN(C)C)[nH]c(=O)c12. The maximum absolute atomic E-state index is 12.9. The number of hydrogen-bond donors (Lipinski definition) is 2. The van der Waals surface area contributed by atoms with Crippen LogP contribution >= 0.6 is 11.3 Å². The minimum Gasteiger partial charge on any atom is -0.459 e. The van der Waals surface area contributed by atoms with Crippen LogP contribution in [0.15, 0.2) is 29.1 Å². The molecule has 0 radical (unpaired) electrons. The van der Waals surface area contributed by atoms with Crippen molar-refractivity contribution in [1.29, 1.82) is 0 Å². The van der Waals surface area contributed by atoms with Gasteiger partial charge in [-0.1, -0.05) is 6.07 Å². The molecule has 0 saturated carbocycles. The zero-order chi connectivity index (χ0) is 22.0. The molecule has 2 aromatic heterocycles. The third-order valence-corrected chi connectivity index (χ3v) is 5.41. The highest BCUT2D eigenvalue weighted by Gasteiger charge is 2.20. The zero-order valence-electron chi connectivity index (χ0n) is 17.5. The van der Waals surface area contributed by atoms with Crippen LogP contribution in [-0.2, 0) is 11.3 Å². The van der Waals surface area contributed by atoms with Crippen LogP contribution in [0.3, 0.4) is 0 Å². The van der Waals surface area contributed by atoms with Gasteiger partial charge in [0.1, 0.15) is 10.7 Å². The number of carbonyl (C=O) groups is 2. The van der Waals surface area contributed by atoms with E-state index in [4.69, 9.17) is 4.74 Å². The average Bonchev–Trinajstić information content (AvgIpc) is 2.98. The number of esters is 1. The van der Waals surface area contributed by atoms with Crippen LogP contribution in [0.5, 0.6) is 0 Å². The van der Waals surface area contributed by atoms with E-state index in [1.807, 2.05) is 19.0 Å². The number of carbonyl (C=O) groups excluding carboxylic acids is 2. The summed E-state index contributed by atoms with van der Waals surface area (Å²) >= 11 is 1.17. The fourth-order valence-corrected chi connectivity index (χ4v) is 4.07. The van der Waals surface area contributed by atoms with Crippen molar-refractivity contribution in [2.75, 3.05) is 19.4 Å². The first-order chi connectivity index (χ1) is 14.2. The number of nitrogens with one attached hydrogen (secondary N) is 2. The van der Waals surface area contributed by atoms with E-state index in [9.17, 15) is 14.4 Å². The van der Waals surface area contributed by atoms with Crippen LogP contribution in [0.2, 0.25) is 0 Å². The van der Waals surface area contributed by atoms with E-state index in [0.717, 1.165) is 0 Å². The molecule has 0 spiro atoms. The average molecular weight is 429 g/mol. The molecule has 3 aromatic rings. The smallest absolute Gasteiger partial charge is 0.338 e. The van der Waals surface area contributed by atoms with Crippen LogP contribution in [0.1, 0.15) is 45.3 Å². The van der Waals surface area contributed by atoms with E-state index in [2.05, 4.69) is 15.3 Å². The molecule has 0 aliphatic rings. The molecule has 3 rings (SSSR count). The summed E-state index contributed by atoms with van der Waals surface area (Å²) < 4.78 is 5.19. The van der Waals surface area contributed by atoms with E-state index < -0.39 is 5.97 Å². The van der Waals surface area contributed by atoms with Gasteiger partial charge in [0, 0.05) is 5.69 Å². The molecule has 0 fully saturated rings. The molecule has 0 aliphatic carbocycles. The maximum atomic E-state index is 12.9. The summed E-state index contributed by atoms with van der Waals surface area (Å²) in [5.74, 6) is -0.274. The van der Waals surface area contributed by atoms with Crippen LogP contribution in [0, 0.1) is 6.92 Å². The summed E-state index contributed by atoms with van der Waals surface area (Å²) in [6.07, 6.45) is -0.236. The lowest BCUT2D eigenvalue weighted by Crippen LogP contribution is -2.18. The summed E-state index contributed by atoms with van der Waals surface area (Å²) in [5, 5.41) is 3.21. The number of fused-ring (bicyclic) bond motifs is 1. The van der Waals surface area contributed by atoms with E-state index in [1.54, 1.807) is 45.0 Å². The number of rotatable bonds is 6. The van der Waals surface area contributed by atoms with Gasteiger partial charge in [0.25, 0.3) is 11.5 Å². The Hall–Kier alpha value is -3.04. The summed E-state index contributed by atoms with van der Waals surface area (Å²) in [6, 6.07) is 6.55. The van der Waals surface area contributed by atoms with Gasteiger partial charge < -0.3 is 19.9 Å². The Labute approximate surface area is 177 Å². The van der Waals surface area contributed by atoms with Crippen molar-refractivity contribution in [3.05, 3.63) is 56.4 Å². The molecule has 158 valence electrons. The van der Waals surface area contributed by atoms with Crippen molar-refractivity contribution in [3.63, 3.8) is 0 Å². The normalized spacial score (nSPS) is 11.3. The first kappa shape index (κ1) is 21.7. The number of aryl methyl sites for hydroxylation is 1. The highest BCUT2D eigenvalue weighted by Crippen LogP contribution is 2.28. The van der Waals surface area contributed by atoms with Gasteiger partial charge in [-0.05, 0) is 58.6 Å². The number of hydrogen-bond acceptors (Lipinski definition) is 7. The van der Waals surface area contributed by atoms with E-state index in [1.165, 1.54) is 11.3 Å². The summed E-state index contributed by atoms with van der Waals surface area (Å²) in [7, 11) is 3.77. The molecule has 9 heteroatoms. The molecule has 2 N–H and O–H groups in total. The number of aromatic amines is 1. The molecule has 0 aliphatic heterocycles. The van der Waals surface area contributed by atoms with Gasteiger partial charge in [-0.15, -0.1) is 11.3 Å². The highest BCUT2D eigenvalue weighted by atomic mass is 32.1. The molecular formula is C21H24N4O4S. The second-order valence-corrected chi connectivity index (χ2v) is 8.47. The minimum atomic E-state index is -0.455. The fraction of sp³-hybridized carbons (Fsp3) is 0.333. The van der Waals surface area contributed by atoms with E-state index in [0.29, 0.717) is 44.3 Å². The predicted molar refractivity (Wildman–Crippen MR) is 117 cm³/mol. The Bertz CT molecular complexity index is 1160. The number of nitrogens with zero attached hydrogens (tertiary/aromatic N) is 2. The van der Waals surface area contributed by atoms with Crippen LogP contribution in [0.4, 0.5) is 5.69 Å². The topological polar surface area (TPSA) is 104 Å². The fourth-order valence-electron chi connectivity index (χ4n) is 2.97. The van der Waals surface area contributed by atoms with Gasteiger partial charge in [0.15, 0.2) is 0 Å². The van der Waals surface area contributed by atoms with Crippen molar-refractivity contribution >= 4 is 39.1 Å². The van der Waals surface area contributed by atoms with E-state index in [-0.39, 0.29) is 17.6 Å². The first-order valence-corrected chi connectivity index (χ1v) is 10.3. The van der Waals surface area contributed by atoms with Gasteiger partial charge >= 0.3 is 5.97 Å². The monoisotopic (exact) mass is 428 g/mol. The lowest BCUT2D eigenvalue weighted by atomic mass is 10.2. The number of benzene rings is 1. The van der Waals surface area contributed by atoms with Gasteiger partial charge in [-0.3, -0.25) is 9.59 Å². The van der Waals surface area contributed by atoms with Crippen LogP contribution in [0.25, 0.3) is 10.2 Å². The Morgan fingerprint density at radius 3 is 2.70 bits per heavy atom. The summed E-state index contributed by atoms with van der Waals surface area (Å²) in [6.45, 7) is 5.76. The molecular weight excluding hydrogens is 404 g/mol. The van der Waals surface area contributed by atoms with Crippen LogP contribution < -0.4 is 10.9 Å². The van der Waals surface area contributed by atoms with E-state index >= 15 is 0 Å². The molecule has 2 heterocycles. The second kappa shape index (κ2) is 8.76. The lowest BCUT2D eigenvalue weighted by Gasteiger charge is -2.09. The summed E-state index contributed by atoms with van der Waals surface area (Å²) in [4.78, 5) is 47.6. The highest BCUT2D eigenvalue weighted by molar-refractivity contribution is 7.20. The molecule has 30 heavy (non-hydrogen) atoms. The van der Waals surface area contributed by atoms with Crippen molar-refractivity contribution in [3.8, 4) is 0 Å². The van der Waals surface area contributed by atoms with Crippen molar-refractivity contribution in [2.24, 2.45) is 0 Å². The van der Waals surface area contributed by atoms with Gasteiger partial charge in [0.05, 0.1) is 28.5 Å². The standard InChI is InChI=1S/C21H24N4O4S/c1-11(2)29-21(28)13-7-6-8-14(9-13)22-19(27)17-12(3)16-18(26)23-15(10-25(4)5)24-20(16)30-17/h6-9,11H,10H2,1-5H3,(H,22,27)(H,23,24,26). The van der Waals surface area contributed by atoms with Gasteiger partial charge in [0.2, 0.25) is 0 Å². The molecule has 1 amide bonds. The molecule has 0 bridgehead atoms. The number of aromatic nitrogens is 2. The molecule has 1 aromatic carbocycles. The Morgan fingerprint density at radius 1 is 1.30 bits per heavy atom. The van der Waals surface area contributed by atoms with Gasteiger partial charge in [-0.25, -0.2) is 9.78 Å². The lowest BCUT2D eigenvalue weighted by molar-refractivity contribution is 0.0377. The largest absolute Gasteiger partial charge is 0.459 e. The summed E-state index contributed by atoms with van der Waals surface area (Å²) in [5.41, 5.74) is 1.13. The quantitative estimate of drug-likeness (QED) is 0.585. The predicted octanol–water partition coefficient (Wildman–Crippen LogP) is 3.17. The second-order valence-electron chi connectivity index (χ2n) is 7.48. The Balaban J connectivity index is 1.89. The van der Waals surface area contributed by atoms with Crippen LogP contribution in [-0.4, -0.2) is 46.9 Å². The Morgan fingerprint density at radius 2 is 2.03 bits per heavy atom. The van der Waals surface area contributed by atoms with Crippen molar-refractivity contribution in [2.45, 2.75) is 33.4 Å². The molecule has 8 nitrogen and oxygen atoms in total. The van der Waals surface area contributed by atoms with Gasteiger partial charge in [-0.2, -0.15) is 0 Å². The molecule has 0 atom stereocenters. The number of thiophene rings is 1. The number of anilines is 1. The third kappa shape index (κ3) is 4.74. The Kier molecular flexibility index (Phi) is 6.33. The molecule has 0 saturated heterocycles. The first-order valence-electron chi connectivity index (χ1n) is 9.45. The molecule has 0 unspecified atom stereocenters. The maximum Gasteiger partial charge on any atom is 0.338 e. The zero-order valence-corrected chi connectivity index (χ0v) is 18.3. The number of amides is 1. The van der Waals surface area contributed by atoms with Crippen molar-refractivity contribution < 1.29 is 14.3 Å². The minimum absolute atomic E-state index is 0.236. The third-order valence-electron chi connectivity index (χ3n) is 4.22. The number of ether oxygens (including phenoxy) is 1. The number of H-pyrrole nitrogens is 1. The van der Waals surface area contributed by atoms with Crippen molar-refractivity contribution in [1.82, 2.24) is 14.9 Å².